The third kappa shape index (κ3) is 4.07. The molecular formula is C13H20N2. The molecule has 0 N–H and O–H groups in total. The average molecular weight is 204 g/mol. The SMILES string of the molecule is CC.CC.Cc1cnc2cccnc2c1. The van der Waals surface area contributed by atoms with Gasteiger partial charge < -0.3 is 0 Å². The van der Waals surface area contributed by atoms with Crippen LogP contribution in [0.3, 0.4) is 0 Å². The summed E-state index contributed by atoms with van der Waals surface area (Å²) in [7, 11) is 0. The molecule has 0 radical (unpaired) electrons. The fourth-order valence-corrected chi connectivity index (χ4v) is 1.05. The lowest BCUT2D eigenvalue weighted by Crippen LogP contribution is -1.82. The zero-order chi connectivity index (χ0) is 11.7. The molecule has 2 heterocycles. The first-order valence-corrected chi connectivity index (χ1v) is 5.53. The standard InChI is InChI=1S/C9H8N2.2C2H6/c1-7-5-9-8(11-6-7)3-2-4-10-9;2*1-2/h2-6H,1H3;2*1-2H3. The molecular weight excluding hydrogens is 184 g/mol. The summed E-state index contributed by atoms with van der Waals surface area (Å²) in [6.45, 7) is 10.0. The Labute approximate surface area is 92.4 Å². The second-order valence-electron chi connectivity index (χ2n) is 2.55. The Morgan fingerprint density at radius 3 is 2.27 bits per heavy atom. The van der Waals surface area contributed by atoms with Crippen LogP contribution in [0.4, 0.5) is 0 Å². The normalized spacial score (nSPS) is 8.33. The molecule has 0 atom stereocenters. The molecule has 2 aromatic heterocycles. The van der Waals surface area contributed by atoms with Gasteiger partial charge in [-0.25, -0.2) is 0 Å². The van der Waals surface area contributed by atoms with Crippen LogP contribution < -0.4 is 0 Å². The first-order valence-electron chi connectivity index (χ1n) is 5.53. The molecule has 0 aliphatic heterocycles. The van der Waals surface area contributed by atoms with Crippen LogP contribution in [0.15, 0.2) is 30.6 Å². The maximum atomic E-state index is 4.22. The molecule has 2 heteroatoms. The summed E-state index contributed by atoms with van der Waals surface area (Å²) in [5.74, 6) is 0. The number of nitrogens with zero attached hydrogens (tertiary/aromatic N) is 2. The molecule has 0 spiro atoms. The van der Waals surface area contributed by atoms with E-state index in [-0.39, 0.29) is 0 Å². The average Bonchev–Trinajstić information content (AvgIpc) is 2.34. The van der Waals surface area contributed by atoms with Crippen molar-refractivity contribution in [2.24, 2.45) is 0 Å². The zero-order valence-electron chi connectivity index (χ0n) is 10.3. The highest BCUT2D eigenvalue weighted by atomic mass is 14.7. The minimum absolute atomic E-state index is 0.957. The number of aromatic nitrogens is 2. The van der Waals surface area contributed by atoms with Crippen molar-refractivity contribution in [2.75, 3.05) is 0 Å². The lowest BCUT2D eigenvalue weighted by Gasteiger charge is -1.95. The molecule has 15 heavy (non-hydrogen) atoms. The Bertz CT molecular complexity index is 383. The van der Waals surface area contributed by atoms with Crippen molar-refractivity contribution in [3.8, 4) is 0 Å². The summed E-state index contributed by atoms with van der Waals surface area (Å²) in [4.78, 5) is 8.40. The Morgan fingerprint density at radius 1 is 0.933 bits per heavy atom. The van der Waals surface area contributed by atoms with Crippen molar-refractivity contribution >= 4 is 11.0 Å². The highest BCUT2D eigenvalue weighted by Gasteiger charge is 1.92. The summed E-state index contributed by atoms with van der Waals surface area (Å²) in [6.07, 6.45) is 3.63. The molecule has 0 aliphatic carbocycles. The van der Waals surface area contributed by atoms with Gasteiger partial charge in [0.25, 0.3) is 0 Å². The van der Waals surface area contributed by atoms with E-state index in [1.807, 2.05) is 59.0 Å². The molecule has 0 saturated heterocycles. The number of rotatable bonds is 0. The lowest BCUT2D eigenvalue weighted by atomic mass is 10.2. The molecule has 0 saturated carbocycles. The molecule has 0 bridgehead atoms. The predicted molar refractivity (Wildman–Crippen MR) is 67.0 cm³/mol. The van der Waals surface area contributed by atoms with Crippen LogP contribution in [0.25, 0.3) is 11.0 Å². The van der Waals surface area contributed by atoms with E-state index in [0.29, 0.717) is 0 Å². The van der Waals surface area contributed by atoms with Gasteiger partial charge in [0.2, 0.25) is 0 Å². The fourth-order valence-electron chi connectivity index (χ4n) is 1.05. The van der Waals surface area contributed by atoms with E-state index in [4.69, 9.17) is 0 Å². The number of aryl methyl sites for hydroxylation is 1. The van der Waals surface area contributed by atoms with Crippen LogP contribution in [-0.2, 0) is 0 Å². The van der Waals surface area contributed by atoms with E-state index in [1.54, 1.807) is 6.20 Å². The minimum atomic E-state index is 0.957. The molecule has 0 amide bonds. The van der Waals surface area contributed by atoms with Crippen LogP contribution in [0.5, 0.6) is 0 Å². The van der Waals surface area contributed by atoms with Crippen molar-refractivity contribution in [3.63, 3.8) is 0 Å². The number of fused-ring (bicyclic) bond motifs is 1. The van der Waals surface area contributed by atoms with Crippen molar-refractivity contribution in [1.29, 1.82) is 0 Å². The molecule has 0 aliphatic rings. The van der Waals surface area contributed by atoms with Gasteiger partial charge in [-0.3, -0.25) is 9.97 Å². The van der Waals surface area contributed by atoms with E-state index < -0.39 is 0 Å². The van der Waals surface area contributed by atoms with Crippen LogP contribution in [0.2, 0.25) is 0 Å². The van der Waals surface area contributed by atoms with Gasteiger partial charge in [-0.1, -0.05) is 27.7 Å². The number of hydrogen-bond donors (Lipinski definition) is 0. The third-order valence-electron chi connectivity index (χ3n) is 1.59. The van der Waals surface area contributed by atoms with Gasteiger partial charge in [0, 0.05) is 12.4 Å². The van der Waals surface area contributed by atoms with Crippen molar-refractivity contribution in [2.45, 2.75) is 34.6 Å². The van der Waals surface area contributed by atoms with Gasteiger partial charge in [-0.05, 0) is 30.7 Å². The lowest BCUT2D eigenvalue weighted by molar-refractivity contribution is 1.29. The first-order chi connectivity index (χ1) is 7.36. The minimum Gasteiger partial charge on any atom is -0.255 e. The van der Waals surface area contributed by atoms with Crippen LogP contribution in [0, 0.1) is 6.92 Å². The van der Waals surface area contributed by atoms with Crippen LogP contribution in [0.1, 0.15) is 33.3 Å². The van der Waals surface area contributed by atoms with Gasteiger partial charge in [0.15, 0.2) is 0 Å². The van der Waals surface area contributed by atoms with E-state index in [9.17, 15) is 0 Å². The summed E-state index contributed by atoms with van der Waals surface area (Å²) in [5, 5.41) is 0. The van der Waals surface area contributed by atoms with Gasteiger partial charge in [-0.15, -0.1) is 0 Å². The summed E-state index contributed by atoms with van der Waals surface area (Å²) in [5.41, 5.74) is 3.07. The molecule has 0 fully saturated rings. The second-order valence-corrected chi connectivity index (χ2v) is 2.55. The smallest absolute Gasteiger partial charge is 0.0889 e. The summed E-state index contributed by atoms with van der Waals surface area (Å²) < 4.78 is 0. The third-order valence-corrected chi connectivity index (χ3v) is 1.59. The Kier molecular flexibility index (Phi) is 7.16. The van der Waals surface area contributed by atoms with Crippen LogP contribution >= 0.6 is 0 Å². The van der Waals surface area contributed by atoms with Gasteiger partial charge in [0.05, 0.1) is 11.0 Å². The molecule has 0 aromatic carbocycles. The van der Waals surface area contributed by atoms with Gasteiger partial charge >= 0.3 is 0 Å². The zero-order valence-corrected chi connectivity index (χ0v) is 10.3. The highest BCUT2D eigenvalue weighted by Crippen LogP contribution is 2.08. The number of hydrogen-bond acceptors (Lipinski definition) is 2. The Hall–Kier alpha value is -1.44. The topological polar surface area (TPSA) is 25.8 Å². The van der Waals surface area contributed by atoms with E-state index >= 15 is 0 Å². The molecule has 2 aromatic rings. The van der Waals surface area contributed by atoms with Crippen molar-refractivity contribution < 1.29 is 0 Å². The molecule has 0 unspecified atom stereocenters. The van der Waals surface area contributed by atoms with E-state index in [2.05, 4.69) is 9.97 Å². The monoisotopic (exact) mass is 204 g/mol. The quantitative estimate of drug-likeness (QED) is 0.648. The first kappa shape index (κ1) is 13.6. The largest absolute Gasteiger partial charge is 0.255 e. The fraction of sp³-hybridized carbons (Fsp3) is 0.385. The van der Waals surface area contributed by atoms with Crippen LogP contribution in [-0.4, -0.2) is 9.97 Å². The molecule has 82 valence electrons. The van der Waals surface area contributed by atoms with Crippen molar-refractivity contribution in [3.05, 3.63) is 36.2 Å². The van der Waals surface area contributed by atoms with Crippen molar-refractivity contribution in [1.82, 2.24) is 9.97 Å². The molecule has 2 rings (SSSR count). The van der Waals surface area contributed by atoms with E-state index in [1.165, 1.54) is 0 Å². The maximum Gasteiger partial charge on any atom is 0.0889 e. The summed E-state index contributed by atoms with van der Waals surface area (Å²) >= 11 is 0. The van der Waals surface area contributed by atoms with Gasteiger partial charge in [0.1, 0.15) is 0 Å². The summed E-state index contributed by atoms with van der Waals surface area (Å²) in [6, 6.07) is 5.88. The highest BCUT2D eigenvalue weighted by molar-refractivity contribution is 5.73. The van der Waals surface area contributed by atoms with E-state index in [0.717, 1.165) is 16.6 Å². The molecule has 2 nitrogen and oxygen atoms in total. The Balaban J connectivity index is 0.000000442. The second kappa shape index (κ2) is 7.92. The van der Waals surface area contributed by atoms with Gasteiger partial charge in [-0.2, -0.15) is 0 Å². The number of pyridine rings is 2. The maximum absolute atomic E-state index is 4.22. The predicted octanol–water partition coefficient (Wildman–Crippen LogP) is 3.99. The Morgan fingerprint density at radius 2 is 1.60 bits per heavy atom.